The fourth-order valence-corrected chi connectivity index (χ4v) is 8.74. The number of hydrogen-bond donors (Lipinski definition) is 7. The number of nitrogens with zero attached hydrogens (tertiary/aromatic N) is 1. The van der Waals surface area contributed by atoms with E-state index in [1.807, 2.05) is 73.7 Å². The van der Waals surface area contributed by atoms with Gasteiger partial charge in [0.2, 0.25) is 35.4 Å². The first-order valence-electron chi connectivity index (χ1n) is 23.0. The lowest BCUT2D eigenvalue weighted by molar-refractivity contribution is -0.141. The largest absolute Gasteiger partial charge is 0.481 e. The maximum absolute atomic E-state index is 15.0. The fraction of sp³-hybridized carbons (Fsp3) is 0.365. The van der Waals surface area contributed by atoms with Gasteiger partial charge in [-0.3, -0.25) is 33.6 Å². The third-order valence-corrected chi connectivity index (χ3v) is 12.4. The number of amides is 6. The monoisotopic (exact) mass is 927 g/mol. The molecule has 8 N–H and O–H groups in total. The second-order valence-corrected chi connectivity index (χ2v) is 17.3. The van der Waals surface area contributed by atoms with Crippen molar-refractivity contribution < 1.29 is 43.4 Å². The zero-order valence-corrected chi connectivity index (χ0v) is 38.4. The van der Waals surface area contributed by atoms with Crippen LogP contribution in [0.4, 0.5) is 0 Å². The van der Waals surface area contributed by atoms with Crippen molar-refractivity contribution >= 4 is 41.4 Å². The van der Waals surface area contributed by atoms with Gasteiger partial charge in [0.05, 0.1) is 31.5 Å². The number of hydrogen-bond acceptors (Lipinski definition) is 9. The third-order valence-electron chi connectivity index (χ3n) is 12.4. The number of nitrogens with one attached hydrogen (secondary N) is 5. The molecule has 2 aliphatic heterocycles. The van der Waals surface area contributed by atoms with Gasteiger partial charge in [0, 0.05) is 57.8 Å². The summed E-state index contributed by atoms with van der Waals surface area (Å²) < 4.78 is 5.37. The Morgan fingerprint density at radius 2 is 1.60 bits per heavy atom. The number of fused-ring (bicyclic) bond motifs is 3. The lowest BCUT2D eigenvalue weighted by atomic mass is 9.74. The molecule has 2 bridgehead atoms. The van der Waals surface area contributed by atoms with Crippen LogP contribution in [0.2, 0.25) is 0 Å². The maximum atomic E-state index is 15.0. The van der Waals surface area contributed by atoms with E-state index < -0.39 is 58.9 Å². The molecule has 0 aromatic heterocycles. The van der Waals surface area contributed by atoms with Crippen molar-refractivity contribution in [2.45, 2.75) is 70.5 Å². The SMILES string of the molecule is Cc1c(CC(=O)O)cccc1-c1ccc(C[C@@H]2NC(=O)[C@]3(Cc4ccccc4)CCCN(C3)C(=O)/C=C/C(=O)NCC[C@@H](C(=O)NCCOCCN)NC(=O)Cc3ccccc3CNC2=O)cc1. The molecule has 6 amide bonds. The van der Waals surface area contributed by atoms with Crippen LogP contribution in [0.15, 0.2) is 109 Å². The van der Waals surface area contributed by atoms with E-state index in [4.69, 9.17) is 10.5 Å². The smallest absolute Gasteiger partial charge is 0.307 e. The zero-order valence-electron chi connectivity index (χ0n) is 38.4. The van der Waals surface area contributed by atoms with E-state index in [1.165, 1.54) is 0 Å². The van der Waals surface area contributed by atoms with Crippen molar-refractivity contribution in [3.63, 3.8) is 0 Å². The van der Waals surface area contributed by atoms with Gasteiger partial charge in [0.1, 0.15) is 12.1 Å². The minimum absolute atomic E-state index is 0.000456. The number of carboxylic acids is 1. The number of rotatable bonds is 13. The second-order valence-electron chi connectivity index (χ2n) is 17.3. The van der Waals surface area contributed by atoms with Gasteiger partial charge in [0.15, 0.2) is 0 Å². The Kier molecular flexibility index (Phi) is 18.1. The van der Waals surface area contributed by atoms with Crippen LogP contribution in [-0.2, 0) is 70.5 Å². The summed E-state index contributed by atoms with van der Waals surface area (Å²) in [6, 6.07) is 27.6. The quantitative estimate of drug-likeness (QED) is 0.0969. The van der Waals surface area contributed by atoms with Crippen molar-refractivity contribution in [3.05, 3.63) is 143 Å². The van der Waals surface area contributed by atoms with E-state index in [-0.39, 0.29) is 64.9 Å². The number of carboxylic acid groups (broad SMARTS) is 1. The molecule has 2 heterocycles. The number of aliphatic carboxylic acids is 1. The molecule has 1 fully saturated rings. The van der Waals surface area contributed by atoms with Gasteiger partial charge in [0.25, 0.3) is 0 Å². The molecular weight excluding hydrogens is 867 g/mol. The number of carbonyl (C=O) groups excluding carboxylic acids is 6. The van der Waals surface area contributed by atoms with Gasteiger partial charge in [-0.25, -0.2) is 0 Å². The van der Waals surface area contributed by atoms with Gasteiger partial charge in [-0.05, 0) is 77.1 Å². The minimum Gasteiger partial charge on any atom is -0.481 e. The summed E-state index contributed by atoms with van der Waals surface area (Å²) in [7, 11) is 0. The first-order chi connectivity index (χ1) is 32.8. The van der Waals surface area contributed by atoms with Crippen LogP contribution in [0.25, 0.3) is 11.1 Å². The first kappa shape index (κ1) is 50.2. The second kappa shape index (κ2) is 24.6. The van der Waals surface area contributed by atoms with Crippen molar-refractivity contribution in [1.29, 1.82) is 0 Å². The van der Waals surface area contributed by atoms with E-state index in [0.717, 1.165) is 40.0 Å². The molecule has 68 heavy (non-hydrogen) atoms. The Morgan fingerprint density at radius 3 is 2.35 bits per heavy atom. The molecule has 6 rings (SSSR count). The Bertz CT molecular complexity index is 2460. The van der Waals surface area contributed by atoms with Crippen LogP contribution in [0.3, 0.4) is 0 Å². The summed E-state index contributed by atoms with van der Waals surface area (Å²) in [5, 5.41) is 23.8. The van der Waals surface area contributed by atoms with Crippen molar-refractivity contribution in [1.82, 2.24) is 31.5 Å². The third kappa shape index (κ3) is 14.2. The minimum atomic E-state index is -1.14. The summed E-state index contributed by atoms with van der Waals surface area (Å²) in [5.41, 5.74) is 10.5. The van der Waals surface area contributed by atoms with Crippen LogP contribution < -0.4 is 32.3 Å². The molecule has 3 atom stereocenters. The summed E-state index contributed by atoms with van der Waals surface area (Å²) in [4.78, 5) is 96.2. The highest BCUT2D eigenvalue weighted by Gasteiger charge is 2.44. The van der Waals surface area contributed by atoms with E-state index in [1.54, 1.807) is 35.2 Å². The van der Waals surface area contributed by atoms with Gasteiger partial charge in [-0.1, -0.05) is 97.1 Å². The molecule has 2 aliphatic rings. The molecule has 0 aliphatic carbocycles. The predicted octanol–water partition coefficient (Wildman–Crippen LogP) is 2.68. The van der Waals surface area contributed by atoms with Crippen molar-refractivity contribution in [2.75, 3.05) is 45.9 Å². The molecule has 4 aromatic rings. The molecule has 358 valence electrons. The van der Waals surface area contributed by atoms with Crippen LogP contribution in [-0.4, -0.2) is 109 Å². The molecular formula is C52H61N7O9. The molecule has 16 heteroatoms. The lowest BCUT2D eigenvalue weighted by Crippen LogP contribution is -2.58. The number of benzene rings is 4. The highest BCUT2D eigenvalue weighted by atomic mass is 16.5. The molecule has 0 spiro atoms. The number of carbonyl (C=O) groups is 7. The zero-order chi connectivity index (χ0) is 48.5. The van der Waals surface area contributed by atoms with E-state index in [9.17, 15) is 38.7 Å². The number of piperidine rings is 1. The number of ether oxygens (including phenoxy) is 1. The van der Waals surface area contributed by atoms with E-state index >= 15 is 0 Å². The molecule has 0 unspecified atom stereocenters. The summed E-state index contributed by atoms with van der Waals surface area (Å²) in [6.07, 6.45) is 3.37. The average Bonchev–Trinajstić information content (AvgIpc) is 3.33. The molecule has 0 saturated carbocycles. The maximum Gasteiger partial charge on any atom is 0.307 e. The summed E-state index contributed by atoms with van der Waals surface area (Å²) in [5.74, 6) is -3.79. The summed E-state index contributed by atoms with van der Waals surface area (Å²) in [6.45, 7) is 3.31. The fourth-order valence-electron chi connectivity index (χ4n) is 8.74. The average molecular weight is 928 g/mol. The predicted molar refractivity (Wildman–Crippen MR) is 256 cm³/mol. The molecule has 16 nitrogen and oxygen atoms in total. The standard InChI is InChI=1S/C52H61N7O9/c1-35-39(31-48(63)64)13-7-14-42(35)38-17-15-36(16-18-38)29-44-50(66)56-33-41-12-6-5-11-40(41)30-46(61)57-43(49(65)55-25-28-68-27-23-53)21-24-54-45(60)19-20-47(62)59-26-8-22-52(34-59,51(67)58-44)32-37-9-3-2-4-10-37/h2-7,9-20,43-44H,8,21-34,53H2,1H3,(H,54,60)(H,55,65)(H,56,66)(H,57,61)(H,58,67)(H,63,64)/b20-19+/t43-,44-,52-/m0/s1. The van der Waals surface area contributed by atoms with Crippen LogP contribution >= 0.6 is 0 Å². The lowest BCUT2D eigenvalue weighted by Gasteiger charge is -2.42. The molecule has 0 radical (unpaired) electrons. The highest BCUT2D eigenvalue weighted by molar-refractivity contribution is 5.97. The van der Waals surface area contributed by atoms with Crippen LogP contribution in [0.5, 0.6) is 0 Å². The van der Waals surface area contributed by atoms with Gasteiger partial charge in [-0.15, -0.1) is 0 Å². The Balaban J connectivity index is 1.32. The van der Waals surface area contributed by atoms with E-state index in [2.05, 4.69) is 26.6 Å². The summed E-state index contributed by atoms with van der Waals surface area (Å²) >= 11 is 0. The van der Waals surface area contributed by atoms with Gasteiger partial charge >= 0.3 is 5.97 Å². The Hall–Kier alpha value is -7.17. The highest BCUT2D eigenvalue weighted by Crippen LogP contribution is 2.35. The van der Waals surface area contributed by atoms with Crippen molar-refractivity contribution in [2.24, 2.45) is 11.1 Å². The van der Waals surface area contributed by atoms with Crippen LogP contribution in [0.1, 0.15) is 52.6 Å². The Labute approximate surface area is 396 Å². The van der Waals surface area contributed by atoms with Crippen molar-refractivity contribution in [3.8, 4) is 11.1 Å². The first-order valence-corrected chi connectivity index (χ1v) is 23.0. The normalized spacial score (nSPS) is 20.3. The van der Waals surface area contributed by atoms with Gasteiger partial charge < -0.3 is 47.1 Å². The Morgan fingerprint density at radius 1 is 0.853 bits per heavy atom. The topological polar surface area (TPSA) is 238 Å². The molecule has 4 aromatic carbocycles. The molecule has 1 saturated heterocycles. The van der Waals surface area contributed by atoms with Crippen LogP contribution in [0, 0.1) is 12.3 Å². The van der Waals surface area contributed by atoms with E-state index in [0.29, 0.717) is 49.2 Å². The number of nitrogens with two attached hydrogens (primary N) is 1. The van der Waals surface area contributed by atoms with Gasteiger partial charge in [-0.2, -0.15) is 0 Å².